The molecular weight excluding hydrogens is 444 g/mol. The highest BCUT2D eigenvalue weighted by Crippen LogP contribution is 2.29. The number of aromatic nitrogens is 2. The number of methoxy groups -OCH3 is 1. The van der Waals surface area contributed by atoms with E-state index in [1.807, 2.05) is 67.6 Å². The SMILES string of the molecule is C/C=C/c1ccc(OCCCCn2c(/C=C/c3ccc(Cl)cc3)nc3ccccc32)c(OC)c1. The van der Waals surface area contributed by atoms with E-state index in [1.54, 1.807) is 7.11 Å². The summed E-state index contributed by atoms with van der Waals surface area (Å²) in [5.74, 6) is 2.47. The molecule has 0 saturated carbocycles. The Hall–Kier alpha value is -3.50. The number of nitrogens with zero attached hydrogens (tertiary/aromatic N) is 2. The number of allylic oxidation sites excluding steroid dienone is 1. The minimum absolute atomic E-state index is 0.627. The molecule has 5 heteroatoms. The first-order chi connectivity index (χ1) is 16.7. The Bertz CT molecular complexity index is 1290. The monoisotopic (exact) mass is 472 g/mol. The highest BCUT2D eigenvalue weighted by atomic mass is 35.5. The highest BCUT2D eigenvalue weighted by molar-refractivity contribution is 6.30. The molecule has 3 aromatic carbocycles. The second-order valence-electron chi connectivity index (χ2n) is 7.96. The molecule has 0 saturated heterocycles. The van der Waals surface area contributed by atoms with E-state index in [9.17, 15) is 0 Å². The number of para-hydroxylation sites is 2. The quantitative estimate of drug-likeness (QED) is 0.221. The van der Waals surface area contributed by atoms with Crippen molar-refractivity contribution in [2.45, 2.75) is 26.3 Å². The fraction of sp³-hybridized carbons (Fsp3) is 0.207. The summed E-state index contributed by atoms with van der Waals surface area (Å²) in [6.07, 6.45) is 10.1. The van der Waals surface area contributed by atoms with Gasteiger partial charge in [0.25, 0.3) is 0 Å². The van der Waals surface area contributed by atoms with E-state index >= 15 is 0 Å². The first kappa shape index (κ1) is 23.7. The second kappa shape index (κ2) is 11.6. The molecular formula is C29H29ClN2O2. The van der Waals surface area contributed by atoms with Crippen molar-refractivity contribution in [1.82, 2.24) is 9.55 Å². The third-order valence-electron chi connectivity index (χ3n) is 5.56. The van der Waals surface area contributed by atoms with Gasteiger partial charge in [-0.1, -0.05) is 60.2 Å². The number of hydrogen-bond donors (Lipinski definition) is 0. The number of halogens is 1. The van der Waals surface area contributed by atoms with Gasteiger partial charge in [-0.3, -0.25) is 0 Å². The van der Waals surface area contributed by atoms with Crippen molar-refractivity contribution in [3.05, 3.63) is 94.8 Å². The van der Waals surface area contributed by atoms with Crippen LogP contribution in [0.2, 0.25) is 5.02 Å². The molecule has 0 N–H and O–H groups in total. The van der Waals surface area contributed by atoms with Crippen molar-refractivity contribution in [2.75, 3.05) is 13.7 Å². The molecule has 0 atom stereocenters. The normalized spacial score (nSPS) is 11.6. The smallest absolute Gasteiger partial charge is 0.161 e. The number of rotatable bonds is 10. The molecule has 0 radical (unpaired) electrons. The summed E-state index contributed by atoms with van der Waals surface area (Å²) >= 11 is 6.01. The van der Waals surface area contributed by atoms with Crippen molar-refractivity contribution in [3.63, 3.8) is 0 Å². The van der Waals surface area contributed by atoms with Gasteiger partial charge in [-0.05, 0) is 73.4 Å². The fourth-order valence-electron chi connectivity index (χ4n) is 3.85. The van der Waals surface area contributed by atoms with Crippen LogP contribution in [0.1, 0.15) is 36.7 Å². The molecule has 34 heavy (non-hydrogen) atoms. The zero-order chi connectivity index (χ0) is 23.8. The first-order valence-corrected chi connectivity index (χ1v) is 11.9. The average molecular weight is 473 g/mol. The lowest BCUT2D eigenvalue weighted by atomic mass is 10.2. The van der Waals surface area contributed by atoms with Crippen LogP contribution in [-0.2, 0) is 6.54 Å². The molecule has 0 aliphatic rings. The lowest BCUT2D eigenvalue weighted by Crippen LogP contribution is -2.04. The highest BCUT2D eigenvalue weighted by Gasteiger charge is 2.09. The van der Waals surface area contributed by atoms with Crippen LogP contribution in [0.25, 0.3) is 29.3 Å². The molecule has 0 bridgehead atoms. The zero-order valence-corrected chi connectivity index (χ0v) is 20.3. The van der Waals surface area contributed by atoms with Gasteiger partial charge in [-0.2, -0.15) is 0 Å². The van der Waals surface area contributed by atoms with Gasteiger partial charge in [-0.15, -0.1) is 0 Å². The Morgan fingerprint density at radius 3 is 2.47 bits per heavy atom. The van der Waals surface area contributed by atoms with Gasteiger partial charge in [0.15, 0.2) is 11.5 Å². The van der Waals surface area contributed by atoms with Crippen LogP contribution in [-0.4, -0.2) is 23.3 Å². The number of unbranched alkanes of at least 4 members (excludes halogenated alkanes) is 1. The van der Waals surface area contributed by atoms with Crippen LogP contribution in [0, 0.1) is 0 Å². The number of ether oxygens (including phenoxy) is 2. The molecule has 1 heterocycles. The van der Waals surface area contributed by atoms with Crippen molar-refractivity contribution >= 4 is 40.9 Å². The topological polar surface area (TPSA) is 36.3 Å². The van der Waals surface area contributed by atoms with Crippen molar-refractivity contribution in [1.29, 1.82) is 0 Å². The lowest BCUT2D eigenvalue weighted by Gasteiger charge is -2.12. The summed E-state index contributed by atoms with van der Waals surface area (Å²) in [5.41, 5.74) is 4.32. The molecule has 4 aromatic rings. The largest absolute Gasteiger partial charge is 0.493 e. The van der Waals surface area contributed by atoms with Gasteiger partial charge in [0.05, 0.1) is 24.8 Å². The van der Waals surface area contributed by atoms with E-state index in [0.717, 1.165) is 63.9 Å². The minimum Gasteiger partial charge on any atom is -0.493 e. The van der Waals surface area contributed by atoms with Crippen molar-refractivity contribution < 1.29 is 9.47 Å². The van der Waals surface area contributed by atoms with E-state index in [4.69, 9.17) is 26.1 Å². The van der Waals surface area contributed by atoms with Crippen molar-refractivity contribution in [3.8, 4) is 11.5 Å². The van der Waals surface area contributed by atoms with E-state index < -0.39 is 0 Å². The maximum atomic E-state index is 6.01. The predicted molar refractivity (Wildman–Crippen MR) is 143 cm³/mol. The minimum atomic E-state index is 0.627. The molecule has 174 valence electrons. The summed E-state index contributed by atoms with van der Waals surface area (Å²) in [6.45, 7) is 3.49. The summed E-state index contributed by atoms with van der Waals surface area (Å²) < 4.78 is 13.8. The van der Waals surface area contributed by atoms with E-state index in [1.165, 1.54) is 0 Å². The molecule has 0 spiro atoms. The van der Waals surface area contributed by atoms with Gasteiger partial charge in [-0.25, -0.2) is 4.98 Å². The van der Waals surface area contributed by atoms with E-state index in [0.29, 0.717) is 6.61 Å². The molecule has 0 unspecified atom stereocenters. The number of fused-ring (bicyclic) bond motifs is 1. The first-order valence-electron chi connectivity index (χ1n) is 11.5. The Morgan fingerprint density at radius 1 is 0.882 bits per heavy atom. The fourth-order valence-corrected chi connectivity index (χ4v) is 3.98. The van der Waals surface area contributed by atoms with E-state index in [-0.39, 0.29) is 0 Å². The zero-order valence-electron chi connectivity index (χ0n) is 19.6. The van der Waals surface area contributed by atoms with Crippen LogP contribution in [0.15, 0.2) is 72.8 Å². The van der Waals surface area contributed by atoms with Crippen LogP contribution < -0.4 is 9.47 Å². The Kier molecular flexibility index (Phi) is 8.05. The second-order valence-corrected chi connectivity index (χ2v) is 8.40. The van der Waals surface area contributed by atoms with Crippen LogP contribution in [0.4, 0.5) is 0 Å². The molecule has 4 rings (SSSR count). The molecule has 0 aliphatic heterocycles. The third-order valence-corrected chi connectivity index (χ3v) is 5.81. The maximum absolute atomic E-state index is 6.01. The number of hydrogen-bond acceptors (Lipinski definition) is 3. The van der Waals surface area contributed by atoms with Gasteiger partial charge in [0.1, 0.15) is 5.82 Å². The molecule has 1 aromatic heterocycles. The van der Waals surface area contributed by atoms with Gasteiger partial charge >= 0.3 is 0 Å². The maximum Gasteiger partial charge on any atom is 0.161 e. The molecule has 0 fully saturated rings. The molecule has 4 nitrogen and oxygen atoms in total. The standard InChI is InChI=1S/C29H29ClN2O2/c1-3-8-23-13-17-27(28(21-23)33-2)34-20-7-6-19-32-26-10-5-4-9-25(26)31-29(32)18-14-22-11-15-24(30)16-12-22/h3-5,8-18,21H,6-7,19-20H2,1-2H3/b8-3+,18-14+. The van der Waals surface area contributed by atoms with E-state index in [2.05, 4.69) is 34.9 Å². The number of benzene rings is 3. The Labute approximate surface area is 206 Å². The van der Waals surface area contributed by atoms with Gasteiger partial charge in [0.2, 0.25) is 0 Å². The lowest BCUT2D eigenvalue weighted by molar-refractivity contribution is 0.284. The third kappa shape index (κ3) is 5.89. The van der Waals surface area contributed by atoms with Crippen LogP contribution in [0.5, 0.6) is 11.5 Å². The van der Waals surface area contributed by atoms with Gasteiger partial charge < -0.3 is 14.0 Å². The summed E-state index contributed by atoms with van der Waals surface area (Å²) in [7, 11) is 1.67. The Balaban J connectivity index is 1.40. The van der Waals surface area contributed by atoms with Crippen LogP contribution >= 0.6 is 11.6 Å². The molecule has 0 amide bonds. The summed E-state index contributed by atoms with van der Waals surface area (Å²) in [5, 5.41) is 0.734. The predicted octanol–water partition coefficient (Wildman–Crippen LogP) is 7.76. The number of imidazole rings is 1. The summed E-state index contributed by atoms with van der Waals surface area (Å²) in [4.78, 5) is 4.83. The average Bonchev–Trinajstić information content (AvgIpc) is 3.21. The van der Waals surface area contributed by atoms with Crippen molar-refractivity contribution in [2.24, 2.45) is 0 Å². The summed E-state index contributed by atoms with van der Waals surface area (Å²) in [6, 6.07) is 22.0. The number of aryl methyl sites for hydroxylation is 1. The molecule has 0 aliphatic carbocycles. The van der Waals surface area contributed by atoms with Crippen LogP contribution in [0.3, 0.4) is 0 Å². The Morgan fingerprint density at radius 2 is 1.68 bits per heavy atom. The van der Waals surface area contributed by atoms with Gasteiger partial charge in [0, 0.05) is 11.6 Å².